The highest BCUT2D eigenvalue weighted by atomic mass is 16.3. The molecule has 104 valence electrons. The maximum Gasteiger partial charge on any atom is 0.223 e. The van der Waals surface area contributed by atoms with Gasteiger partial charge >= 0.3 is 0 Å². The second kappa shape index (κ2) is 6.71. The topological polar surface area (TPSA) is 40.5 Å². The van der Waals surface area contributed by atoms with Crippen molar-refractivity contribution >= 4 is 5.91 Å². The molecule has 19 heavy (non-hydrogen) atoms. The van der Waals surface area contributed by atoms with Gasteiger partial charge in [-0.3, -0.25) is 4.79 Å². The Bertz CT molecular complexity index is 413. The van der Waals surface area contributed by atoms with Crippen molar-refractivity contribution in [3.63, 3.8) is 0 Å². The average Bonchev–Trinajstić information content (AvgIpc) is 2.46. The number of amides is 1. The number of aryl methyl sites for hydroxylation is 2. The van der Waals surface area contributed by atoms with E-state index in [1.807, 2.05) is 4.90 Å². The van der Waals surface area contributed by atoms with Crippen molar-refractivity contribution in [2.75, 3.05) is 13.2 Å². The molecule has 0 saturated carbocycles. The standard InChI is InChI=1S/C16H23NO2/c1-13-5-7-14(8-6-13)9-10-16(19)17-11-3-2-4-15(17)12-18/h5-8,15,18H,2-4,9-12H2,1H3. The number of aliphatic hydroxyl groups is 1. The van der Waals surface area contributed by atoms with E-state index in [2.05, 4.69) is 31.2 Å². The van der Waals surface area contributed by atoms with Crippen molar-refractivity contribution in [3.8, 4) is 0 Å². The first-order valence-electron chi connectivity index (χ1n) is 7.16. The SMILES string of the molecule is Cc1ccc(CCC(=O)N2CCCCC2CO)cc1. The van der Waals surface area contributed by atoms with Crippen molar-refractivity contribution in [1.82, 2.24) is 4.90 Å². The molecule has 1 amide bonds. The Kier molecular flexibility index (Phi) is 4.97. The number of likely N-dealkylation sites (tertiary alicyclic amines) is 1. The third-order valence-electron chi connectivity index (χ3n) is 3.91. The predicted octanol–water partition coefficient (Wildman–Crippen LogP) is 2.30. The van der Waals surface area contributed by atoms with Crippen LogP contribution in [-0.2, 0) is 11.2 Å². The largest absolute Gasteiger partial charge is 0.394 e. The molecule has 1 aromatic rings. The molecule has 1 aromatic carbocycles. The fourth-order valence-corrected chi connectivity index (χ4v) is 2.67. The summed E-state index contributed by atoms with van der Waals surface area (Å²) in [5.74, 6) is 0.180. The monoisotopic (exact) mass is 261 g/mol. The average molecular weight is 261 g/mol. The fourth-order valence-electron chi connectivity index (χ4n) is 2.67. The summed E-state index contributed by atoms with van der Waals surface area (Å²) in [4.78, 5) is 14.1. The van der Waals surface area contributed by atoms with Gasteiger partial charge in [-0.2, -0.15) is 0 Å². The van der Waals surface area contributed by atoms with Crippen LogP contribution in [0.5, 0.6) is 0 Å². The second-order valence-electron chi connectivity index (χ2n) is 5.40. The Morgan fingerprint density at radius 1 is 1.32 bits per heavy atom. The van der Waals surface area contributed by atoms with E-state index in [1.165, 1.54) is 11.1 Å². The number of carbonyl (C=O) groups excluding carboxylic acids is 1. The summed E-state index contributed by atoms with van der Waals surface area (Å²) >= 11 is 0. The summed E-state index contributed by atoms with van der Waals surface area (Å²) in [5, 5.41) is 9.33. The Labute approximate surface area is 115 Å². The van der Waals surface area contributed by atoms with Gasteiger partial charge in [0.15, 0.2) is 0 Å². The van der Waals surface area contributed by atoms with Crippen LogP contribution in [0.1, 0.15) is 36.8 Å². The van der Waals surface area contributed by atoms with Crippen molar-refractivity contribution in [2.24, 2.45) is 0 Å². The van der Waals surface area contributed by atoms with E-state index < -0.39 is 0 Å². The van der Waals surface area contributed by atoms with E-state index in [0.717, 1.165) is 32.2 Å². The minimum absolute atomic E-state index is 0.0410. The summed E-state index contributed by atoms with van der Waals surface area (Å²) in [6, 6.07) is 8.37. The molecular formula is C16H23NO2. The summed E-state index contributed by atoms with van der Waals surface area (Å²) in [5.41, 5.74) is 2.45. The lowest BCUT2D eigenvalue weighted by Crippen LogP contribution is -2.45. The van der Waals surface area contributed by atoms with Gasteiger partial charge in [0.05, 0.1) is 12.6 Å². The molecule has 1 fully saturated rings. The zero-order valence-electron chi connectivity index (χ0n) is 11.6. The Balaban J connectivity index is 1.87. The lowest BCUT2D eigenvalue weighted by molar-refractivity contribution is -0.135. The van der Waals surface area contributed by atoms with Crippen molar-refractivity contribution in [1.29, 1.82) is 0 Å². The van der Waals surface area contributed by atoms with Gasteiger partial charge in [0.2, 0.25) is 5.91 Å². The summed E-state index contributed by atoms with van der Waals surface area (Å²) in [6.07, 6.45) is 4.44. The summed E-state index contributed by atoms with van der Waals surface area (Å²) in [6.45, 7) is 2.96. The van der Waals surface area contributed by atoms with Crippen LogP contribution in [0.3, 0.4) is 0 Å². The second-order valence-corrected chi connectivity index (χ2v) is 5.40. The highest BCUT2D eigenvalue weighted by Crippen LogP contribution is 2.18. The van der Waals surface area contributed by atoms with E-state index >= 15 is 0 Å². The van der Waals surface area contributed by atoms with Gasteiger partial charge in [-0.15, -0.1) is 0 Å². The third kappa shape index (κ3) is 3.80. The van der Waals surface area contributed by atoms with Crippen LogP contribution >= 0.6 is 0 Å². The molecule has 1 heterocycles. The van der Waals surface area contributed by atoms with Crippen LogP contribution in [0, 0.1) is 6.92 Å². The Morgan fingerprint density at radius 2 is 2.05 bits per heavy atom. The smallest absolute Gasteiger partial charge is 0.223 e. The Hall–Kier alpha value is -1.35. The molecule has 1 N–H and O–H groups in total. The number of rotatable bonds is 4. The van der Waals surface area contributed by atoms with Crippen LogP contribution in [0.15, 0.2) is 24.3 Å². The first-order chi connectivity index (χ1) is 9.20. The van der Waals surface area contributed by atoms with E-state index in [0.29, 0.717) is 6.42 Å². The third-order valence-corrected chi connectivity index (χ3v) is 3.91. The van der Waals surface area contributed by atoms with Gasteiger partial charge < -0.3 is 10.0 Å². The maximum absolute atomic E-state index is 12.2. The van der Waals surface area contributed by atoms with Gasteiger partial charge in [0, 0.05) is 13.0 Å². The summed E-state index contributed by atoms with van der Waals surface area (Å²) in [7, 11) is 0. The molecule has 1 unspecified atom stereocenters. The van der Waals surface area contributed by atoms with Gasteiger partial charge in [-0.05, 0) is 38.2 Å². The molecule has 3 nitrogen and oxygen atoms in total. The molecule has 1 atom stereocenters. The van der Waals surface area contributed by atoms with Gasteiger partial charge in [0.1, 0.15) is 0 Å². The highest BCUT2D eigenvalue weighted by molar-refractivity contribution is 5.77. The summed E-state index contributed by atoms with van der Waals surface area (Å²) < 4.78 is 0. The molecule has 1 saturated heterocycles. The minimum Gasteiger partial charge on any atom is -0.394 e. The number of aliphatic hydroxyl groups excluding tert-OH is 1. The highest BCUT2D eigenvalue weighted by Gasteiger charge is 2.25. The number of carbonyl (C=O) groups is 1. The quantitative estimate of drug-likeness (QED) is 0.903. The zero-order valence-corrected chi connectivity index (χ0v) is 11.6. The fraction of sp³-hybridized carbons (Fsp3) is 0.562. The van der Waals surface area contributed by atoms with Crippen LogP contribution in [0.2, 0.25) is 0 Å². The molecule has 0 radical (unpaired) electrons. The normalized spacial score (nSPS) is 19.5. The number of benzene rings is 1. The molecule has 0 aliphatic carbocycles. The number of hydrogen-bond acceptors (Lipinski definition) is 2. The molecule has 0 bridgehead atoms. The molecule has 1 aliphatic heterocycles. The molecule has 0 aromatic heterocycles. The lowest BCUT2D eigenvalue weighted by Gasteiger charge is -2.34. The van der Waals surface area contributed by atoms with Crippen molar-refractivity contribution in [3.05, 3.63) is 35.4 Å². The lowest BCUT2D eigenvalue weighted by atomic mass is 10.0. The van der Waals surface area contributed by atoms with E-state index in [9.17, 15) is 9.90 Å². The minimum atomic E-state index is 0.0410. The molecule has 3 heteroatoms. The van der Waals surface area contributed by atoms with Crippen LogP contribution in [0.4, 0.5) is 0 Å². The Morgan fingerprint density at radius 3 is 2.74 bits per heavy atom. The maximum atomic E-state index is 12.2. The van der Waals surface area contributed by atoms with Gasteiger partial charge in [-0.25, -0.2) is 0 Å². The first-order valence-corrected chi connectivity index (χ1v) is 7.16. The number of hydrogen-bond donors (Lipinski definition) is 1. The van der Waals surface area contributed by atoms with Crippen molar-refractivity contribution in [2.45, 2.75) is 45.1 Å². The van der Waals surface area contributed by atoms with Crippen LogP contribution in [0.25, 0.3) is 0 Å². The van der Waals surface area contributed by atoms with E-state index in [1.54, 1.807) is 0 Å². The molecule has 0 spiro atoms. The molecular weight excluding hydrogens is 238 g/mol. The first kappa shape index (κ1) is 14.1. The van der Waals surface area contributed by atoms with Crippen LogP contribution in [-0.4, -0.2) is 35.1 Å². The van der Waals surface area contributed by atoms with Gasteiger partial charge in [0.25, 0.3) is 0 Å². The van der Waals surface area contributed by atoms with Crippen molar-refractivity contribution < 1.29 is 9.90 Å². The molecule has 1 aliphatic rings. The van der Waals surface area contributed by atoms with E-state index in [-0.39, 0.29) is 18.6 Å². The molecule has 2 rings (SSSR count). The predicted molar refractivity (Wildman–Crippen MR) is 75.9 cm³/mol. The number of nitrogens with zero attached hydrogens (tertiary/aromatic N) is 1. The number of piperidine rings is 1. The zero-order chi connectivity index (χ0) is 13.7. The van der Waals surface area contributed by atoms with E-state index in [4.69, 9.17) is 0 Å². The van der Waals surface area contributed by atoms with Crippen LogP contribution < -0.4 is 0 Å². The van der Waals surface area contributed by atoms with Gasteiger partial charge in [-0.1, -0.05) is 29.8 Å².